The predicted molar refractivity (Wildman–Crippen MR) is 43.0 cm³/mol. The van der Waals surface area contributed by atoms with E-state index < -0.39 is 24.0 Å². The van der Waals surface area contributed by atoms with Gasteiger partial charge in [-0.1, -0.05) is 0 Å². The molecule has 0 aromatic rings. The van der Waals surface area contributed by atoms with Crippen LogP contribution < -0.4 is 0 Å². The zero-order chi connectivity index (χ0) is 11.6. The van der Waals surface area contributed by atoms with Gasteiger partial charge in [-0.25, -0.2) is 4.79 Å². The molecular formula is C8H10F3NO3. The fourth-order valence-electron chi connectivity index (χ4n) is 1.55. The van der Waals surface area contributed by atoms with Gasteiger partial charge in [0, 0.05) is 13.1 Å². The van der Waals surface area contributed by atoms with E-state index in [2.05, 4.69) is 0 Å². The van der Waals surface area contributed by atoms with Crippen molar-refractivity contribution < 1.29 is 27.9 Å². The Bertz CT molecular complexity index is 269. The summed E-state index contributed by atoms with van der Waals surface area (Å²) in [7, 11) is 0. The minimum absolute atomic E-state index is 0.144. The molecule has 0 atom stereocenters. The Hall–Kier alpha value is -1.27. The Morgan fingerprint density at radius 3 is 2.00 bits per heavy atom. The average Bonchev–Trinajstić information content (AvgIpc) is 2.15. The van der Waals surface area contributed by atoms with Gasteiger partial charge in [0.2, 0.25) is 0 Å². The second kappa shape index (κ2) is 4.08. The Balaban J connectivity index is 2.50. The van der Waals surface area contributed by atoms with E-state index in [1.54, 1.807) is 0 Å². The van der Waals surface area contributed by atoms with Crippen molar-refractivity contribution in [1.82, 2.24) is 4.90 Å². The number of alkyl halides is 3. The first kappa shape index (κ1) is 11.8. The van der Waals surface area contributed by atoms with Crippen LogP contribution >= 0.6 is 0 Å². The van der Waals surface area contributed by atoms with Gasteiger partial charge in [-0.2, -0.15) is 13.2 Å². The van der Waals surface area contributed by atoms with Crippen LogP contribution in [0.15, 0.2) is 0 Å². The molecule has 7 heteroatoms. The van der Waals surface area contributed by atoms with Crippen molar-refractivity contribution >= 4 is 11.9 Å². The Kier molecular flexibility index (Phi) is 3.21. The fourth-order valence-corrected chi connectivity index (χ4v) is 1.55. The highest BCUT2D eigenvalue weighted by Gasteiger charge is 2.42. The standard InChI is InChI=1S/C8H10F3NO3/c9-8(10,11)5-1-3-12(4-2-5)6(13)7(14)15/h5H,1-4H2,(H,14,15). The van der Waals surface area contributed by atoms with Crippen LogP contribution in [0, 0.1) is 5.92 Å². The molecule has 1 N–H and O–H groups in total. The molecule has 15 heavy (non-hydrogen) atoms. The number of carboxylic acid groups (broad SMARTS) is 1. The van der Waals surface area contributed by atoms with Gasteiger partial charge in [-0.05, 0) is 12.8 Å². The number of nitrogens with zero attached hydrogens (tertiary/aromatic N) is 1. The van der Waals surface area contributed by atoms with Crippen molar-refractivity contribution in [3.05, 3.63) is 0 Å². The first-order chi connectivity index (χ1) is 6.82. The second-order valence-electron chi connectivity index (χ2n) is 3.41. The van der Waals surface area contributed by atoms with E-state index in [1.165, 1.54) is 0 Å². The topological polar surface area (TPSA) is 57.6 Å². The zero-order valence-electron chi connectivity index (χ0n) is 7.75. The third-order valence-electron chi connectivity index (χ3n) is 2.43. The Labute approximate surface area is 83.7 Å². The predicted octanol–water partition coefficient (Wildman–Crippen LogP) is 0.872. The van der Waals surface area contributed by atoms with Gasteiger partial charge in [-0.15, -0.1) is 0 Å². The van der Waals surface area contributed by atoms with E-state index in [0.29, 0.717) is 0 Å². The highest BCUT2D eigenvalue weighted by atomic mass is 19.4. The zero-order valence-corrected chi connectivity index (χ0v) is 7.75. The molecule has 0 aromatic carbocycles. The minimum Gasteiger partial charge on any atom is -0.474 e. The van der Waals surface area contributed by atoms with Crippen molar-refractivity contribution in [1.29, 1.82) is 0 Å². The van der Waals surface area contributed by atoms with Gasteiger partial charge in [0.15, 0.2) is 0 Å². The third-order valence-corrected chi connectivity index (χ3v) is 2.43. The van der Waals surface area contributed by atoms with Gasteiger partial charge >= 0.3 is 18.1 Å². The van der Waals surface area contributed by atoms with Crippen molar-refractivity contribution in [3.8, 4) is 0 Å². The van der Waals surface area contributed by atoms with Crippen LogP contribution in [0.3, 0.4) is 0 Å². The van der Waals surface area contributed by atoms with Crippen molar-refractivity contribution in [2.45, 2.75) is 19.0 Å². The third kappa shape index (κ3) is 2.84. The normalized spacial score (nSPS) is 19.0. The summed E-state index contributed by atoms with van der Waals surface area (Å²) in [4.78, 5) is 22.1. The molecule has 1 heterocycles. The summed E-state index contributed by atoms with van der Waals surface area (Å²) in [6, 6.07) is 0. The van der Waals surface area contributed by atoms with E-state index in [-0.39, 0.29) is 25.9 Å². The Morgan fingerprint density at radius 2 is 1.67 bits per heavy atom. The number of hydrogen-bond acceptors (Lipinski definition) is 2. The Morgan fingerprint density at radius 1 is 1.20 bits per heavy atom. The first-order valence-electron chi connectivity index (χ1n) is 4.41. The maximum absolute atomic E-state index is 12.2. The molecular weight excluding hydrogens is 215 g/mol. The van der Waals surface area contributed by atoms with E-state index in [4.69, 9.17) is 5.11 Å². The summed E-state index contributed by atoms with van der Waals surface area (Å²) in [5, 5.41) is 8.35. The van der Waals surface area contributed by atoms with E-state index in [1.807, 2.05) is 0 Å². The molecule has 1 fully saturated rings. The first-order valence-corrected chi connectivity index (χ1v) is 4.41. The van der Waals surface area contributed by atoms with E-state index >= 15 is 0 Å². The SMILES string of the molecule is O=C(O)C(=O)N1CCC(C(F)(F)F)CC1. The smallest absolute Gasteiger partial charge is 0.394 e. The van der Waals surface area contributed by atoms with Crippen LogP contribution in [0.2, 0.25) is 0 Å². The molecule has 86 valence electrons. The summed E-state index contributed by atoms with van der Waals surface area (Å²) in [6.45, 7) is -0.287. The summed E-state index contributed by atoms with van der Waals surface area (Å²) in [5.41, 5.74) is 0. The lowest BCUT2D eigenvalue weighted by Gasteiger charge is -2.31. The summed E-state index contributed by atoms with van der Waals surface area (Å²) in [5.74, 6) is -4.17. The summed E-state index contributed by atoms with van der Waals surface area (Å²) >= 11 is 0. The number of aliphatic carboxylic acids is 1. The number of rotatable bonds is 0. The lowest BCUT2D eigenvalue weighted by molar-refractivity contribution is -0.187. The average molecular weight is 225 g/mol. The lowest BCUT2D eigenvalue weighted by Crippen LogP contribution is -2.44. The van der Waals surface area contributed by atoms with Crippen LogP contribution in [0.4, 0.5) is 13.2 Å². The molecule has 1 rings (SSSR count). The lowest BCUT2D eigenvalue weighted by atomic mass is 9.96. The van der Waals surface area contributed by atoms with Gasteiger partial charge in [-0.3, -0.25) is 4.79 Å². The molecule has 0 aliphatic carbocycles. The molecule has 1 amide bonds. The highest BCUT2D eigenvalue weighted by molar-refractivity contribution is 6.31. The van der Waals surface area contributed by atoms with E-state index in [9.17, 15) is 22.8 Å². The molecule has 0 bridgehead atoms. The van der Waals surface area contributed by atoms with Gasteiger partial charge in [0.05, 0.1) is 5.92 Å². The van der Waals surface area contributed by atoms with E-state index in [0.717, 1.165) is 4.90 Å². The molecule has 0 radical (unpaired) electrons. The second-order valence-corrected chi connectivity index (χ2v) is 3.41. The summed E-state index contributed by atoms with van der Waals surface area (Å²) < 4.78 is 36.6. The number of halogens is 3. The number of carbonyl (C=O) groups is 2. The largest absolute Gasteiger partial charge is 0.474 e. The monoisotopic (exact) mass is 225 g/mol. The highest BCUT2D eigenvalue weighted by Crippen LogP contribution is 2.33. The number of amides is 1. The summed E-state index contributed by atoms with van der Waals surface area (Å²) in [6.07, 6.45) is -4.69. The number of carbonyl (C=O) groups excluding carboxylic acids is 1. The van der Waals surface area contributed by atoms with Crippen LogP contribution in [-0.4, -0.2) is 41.1 Å². The molecule has 0 saturated carbocycles. The maximum Gasteiger partial charge on any atom is 0.394 e. The van der Waals surface area contributed by atoms with Gasteiger partial charge in [0.25, 0.3) is 0 Å². The number of likely N-dealkylation sites (tertiary alicyclic amines) is 1. The van der Waals surface area contributed by atoms with Crippen LogP contribution in [-0.2, 0) is 9.59 Å². The van der Waals surface area contributed by atoms with Crippen LogP contribution in [0.1, 0.15) is 12.8 Å². The van der Waals surface area contributed by atoms with Gasteiger partial charge < -0.3 is 10.0 Å². The molecule has 4 nitrogen and oxygen atoms in total. The molecule has 1 aliphatic rings. The number of hydrogen-bond donors (Lipinski definition) is 1. The van der Waals surface area contributed by atoms with Crippen molar-refractivity contribution in [2.75, 3.05) is 13.1 Å². The minimum atomic E-state index is -4.25. The number of carboxylic acids is 1. The van der Waals surface area contributed by atoms with Crippen molar-refractivity contribution in [2.24, 2.45) is 5.92 Å². The number of piperidine rings is 1. The van der Waals surface area contributed by atoms with Crippen molar-refractivity contribution in [3.63, 3.8) is 0 Å². The maximum atomic E-state index is 12.2. The molecule has 1 saturated heterocycles. The molecule has 0 aromatic heterocycles. The van der Waals surface area contributed by atoms with Crippen LogP contribution in [0.25, 0.3) is 0 Å². The molecule has 1 aliphatic heterocycles. The molecule has 0 spiro atoms. The molecule has 0 unspecified atom stereocenters. The quantitative estimate of drug-likeness (QED) is 0.622. The van der Waals surface area contributed by atoms with Crippen LogP contribution in [0.5, 0.6) is 0 Å². The fraction of sp³-hybridized carbons (Fsp3) is 0.750. The van der Waals surface area contributed by atoms with Gasteiger partial charge in [0.1, 0.15) is 0 Å².